The van der Waals surface area contributed by atoms with Crippen molar-refractivity contribution in [2.45, 2.75) is 77.7 Å². The Bertz CT molecular complexity index is 512. The Hall–Kier alpha value is -1.60. The van der Waals surface area contributed by atoms with Crippen LogP contribution in [0.5, 0.6) is 0 Å². The highest BCUT2D eigenvalue weighted by atomic mass is 16.4. The SMILES string of the molecule is CC#CCC(C)[C@H](O)/C=C/[C@H]1CCC(=O)[C@@H]1CCCCCCC(=O)O. The van der Waals surface area contributed by atoms with Crippen LogP contribution in [0.2, 0.25) is 0 Å². The number of aliphatic hydroxyl groups excluding tert-OH is 1. The topological polar surface area (TPSA) is 74.6 Å². The van der Waals surface area contributed by atoms with Crippen molar-refractivity contribution < 1.29 is 19.8 Å². The lowest BCUT2D eigenvalue weighted by atomic mass is 9.88. The standard InChI is InChI=1S/C21H32O4/c1-3-4-9-16(2)19(22)14-12-17-13-15-20(23)18(17)10-7-5-6-8-11-21(24)25/h12,14,16-19,22H,5-11,13,15H2,1-2H3,(H,24,25)/b14-12+/t16?,17-,18+,19+/m0/s1. The van der Waals surface area contributed by atoms with Crippen LogP contribution in [0.15, 0.2) is 12.2 Å². The van der Waals surface area contributed by atoms with Crippen molar-refractivity contribution in [3.8, 4) is 11.8 Å². The Balaban J connectivity index is 2.39. The van der Waals surface area contributed by atoms with Gasteiger partial charge in [0, 0.05) is 25.2 Å². The molecule has 0 amide bonds. The number of allylic oxidation sites excluding steroid dienone is 1. The summed E-state index contributed by atoms with van der Waals surface area (Å²) in [7, 11) is 0. The number of Topliss-reactive ketones (excluding diaryl/α,β-unsaturated/α-hetero) is 1. The number of carbonyl (C=O) groups excluding carboxylic acids is 1. The first kappa shape index (κ1) is 21.4. The second kappa shape index (κ2) is 11.9. The van der Waals surface area contributed by atoms with Gasteiger partial charge in [0.05, 0.1) is 6.10 Å². The first-order chi connectivity index (χ1) is 12.0. The molecule has 140 valence electrons. The van der Waals surface area contributed by atoms with E-state index >= 15 is 0 Å². The van der Waals surface area contributed by atoms with Crippen LogP contribution < -0.4 is 0 Å². The molecule has 0 aliphatic heterocycles. The highest BCUT2D eigenvalue weighted by Gasteiger charge is 2.32. The average Bonchev–Trinajstić information content (AvgIpc) is 2.93. The first-order valence-electron chi connectivity index (χ1n) is 9.46. The molecule has 0 spiro atoms. The van der Waals surface area contributed by atoms with Gasteiger partial charge < -0.3 is 10.2 Å². The number of aliphatic carboxylic acids is 1. The minimum atomic E-state index is -0.742. The first-order valence-corrected chi connectivity index (χ1v) is 9.46. The third-order valence-electron chi connectivity index (χ3n) is 5.05. The van der Waals surface area contributed by atoms with Crippen molar-refractivity contribution in [1.29, 1.82) is 0 Å². The zero-order valence-corrected chi connectivity index (χ0v) is 15.5. The maximum absolute atomic E-state index is 12.1. The number of carboxylic acids is 1. The maximum atomic E-state index is 12.1. The van der Waals surface area contributed by atoms with Crippen molar-refractivity contribution in [2.24, 2.45) is 17.8 Å². The number of hydrogen-bond acceptors (Lipinski definition) is 3. The van der Waals surface area contributed by atoms with E-state index in [4.69, 9.17) is 5.11 Å². The van der Waals surface area contributed by atoms with E-state index in [2.05, 4.69) is 11.8 Å². The van der Waals surface area contributed by atoms with E-state index in [9.17, 15) is 14.7 Å². The van der Waals surface area contributed by atoms with Crippen molar-refractivity contribution in [3.05, 3.63) is 12.2 Å². The quantitative estimate of drug-likeness (QED) is 0.336. The molecule has 0 saturated heterocycles. The fourth-order valence-electron chi connectivity index (χ4n) is 3.36. The van der Waals surface area contributed by atoms with Crippen LogP contribution in [0.25, 0.3) is 0 Å². The molecule has 2 N–H and O–H groups in total. The minimum Gasteiger partial charge on any atom is -0.481 e. The molecule has 0 heterocycles. The third-order valence-corrected chi connectivity index (χ3v) is 5.05. The highest BCUT2D eigenvalue weighted by Crippen LogP contribution is 2.34. The molecule has 0 bridgehead atoms. The summed E-state index contributed by atoms with van der Waals surface area (Å²) in [6.45, 7) is 3.78. The lowest BCUT2D eigenvalue weighted by Crippen LogP contribution is -2.17. The van der Waals surface area contributed by atoms with Crippen molar-refractivity contribution in [2.75, 3.05) is 0 Å². The monoisotopic (exact) mass is 348 g/mol. The Labute approximate surface area is 151 Å². The summed E-state index contributed by atoms with van der Waals surface area (Å²) in [6.07, 6.45) is 10.2. The number of unbranched alkanes of at least 4 members (excludes halogenated alkanes) is 3. The molecule has 0 aromatic rings. The summed E-state index contributed by atoms with van der Waals surface area (Å²) in [5, 5.41) is 18.8. The van der Waals surface area contributed by atoms with Gasteiger partial charge in [0.25, 0.3) is 0 Å². The predicted octanol–water partition coefficient (Wildman–Crippen LogP) is 3.97. The van der Waals surface area contributed by atoms with E-state index in [0.29, 0.717) is 25.0 Å². The Morgan fingerprint density at radius 3 is 2.72 bits per heavy atom. The number of carbonyl (C=O) groups is 2. The van der Waals surface area contributed by atoms with E-state index < -0.39 is 12.1 Å². The second-order valence-electron chi connectivity index (χ2n) is 7.11. The molecule has 4 atom stereocenters. The van der Waals surface area contributed by atoms with Crippen LogP contribution in [0.3, 0.4) is 0 Å². The minimum absolute atomic E-state index is 0.0636. The van der Waals surface area contributed by atoms with E-state index in [-0.39, 0.29) is 24.2 Å². The van der Waals surface area contributed by atoms with Crippen LogP contribution >= 0.6 is 0 Å². The molecule has 0 radical (unpaired) electrons. The second-order valence-corrected chi connectivity index (χ2v) is 7.11. The summed E-state index contributed by atoms with van der Waals surface area (Å²) >= 11 is 0. The number of carboxylic acid groups (broad SMARTS) is 1. The lowest BCUT2D eigenvalue weighted by Gasteiger charge is -2.17. The van der Waals surface area contributed by atoms with Crippen LogP contribution in [-0.4, -0.2) is 28.1 Å². The van der Waals surface area contributed by atoms with Gasteiger partial charge in [-0.3, -0.25) is 9.59 Å². The fourth-order valence-corrected chi connectivity index (χ4v) is 3.36. The lowest BCUT2D eigenvalue weighted by molar-refractivity contribution is -0.137. The van der Waals surface area contributed by atoms with E-state index in [1.165, 1.54) is 0 Å². The van der Waals surface area contributed by atoms with Gasteiger partial charge in [-0.25, -0.2) is 0 Å². The Morgan fingerprint density at radius 2 is 2.04 bits per heavy atom. The van der Waals surface area contributed by atoms with E-state index in [1.807, 2.05) is 19.1 Å². The fraction of sp³-hybridized carbons (Fsp3) is 0.714. The van der Waals surface area contributed by atoms with Crippen LogP contribution in [0.1, 0.15) is 71.6 Å². The zero-order chi connectivity index (χ0) is 18.7. The summed E-state index contributed by atoms with van der Waals surface area (Å²) in [6, 6.07) is 0. The number of ketones is 1. The van der Waals surface area contributed by atoms with Crippen molar-refractivity contribution in [3.63, 3.8) is 0 Å². The number of hydrogen-bond donors (Lipinski definition) is 2. The number of aliphatic hydroxyl groups is 1. The Kier molecular flexibility index (Phi) is 10.2. The molecule has 1 aliphatic rings. The summed E-state index contributed by atoms with van der Waals surface area (Å²) in [5.74, 6) is 5.81. The van der Waals surface area contributed by atoms with Gasteiger partial charge in [-0.15, -0.1) is 11.8 Å². The largest absolute Gasteiger partial charge is 0.481 e. The molecule has 1 rings (SSSR count). The van der Waals surface area contributed by atoms with Gasteiger partial charge in [-0.2, -0.15) is 0 Å². The van der Waals surface area contributed by atoms with Crippen molar-refractivity contribution >= 4 is 11.8 Å². The summed E-state index contributed by atoms with van der Waals surface area (Å²) in [5.41, 5.74) is 0. The molecule has 1 fully saturated rings. The third kappa shape index (κ3) is 8.36. The van der Waals surface area contributed by atoms with Gasteiger partial charge in [0.15, 0.2) is 0 Å². The summed E-state index contributed by atoms with van der Waals surface area (Å²) in [4.78, 5) is 22.6. The maximum Gasteiger partial charge on any atom is 0.303 e. The van der Waals surface area contributed by atoms with E-state index in [0.717, 1.165) is 32.1 Å². The molecule has 1 unspecified atom stereocenters. The molecule has 1 aliphatic carbocycles. The van der Waals surface area contributed by atoms with Gasteiger partial charge in [0.1, 0.15) is 5.78 Å². The smallest absolute Gasteiger partial charge is 0.303 e. The van der Waals surface area contributed by atoms with Crippen LogP contribution in [0, 0.1) is 29.6 Å². The van der Waals surface area contributed by atoms with Gasteiger partial charge in [0.2, 0.25) is 0 Å². The molecule has 4 nitrogen and oxygen atoms in total. The van der Waals surface area contributed by atoms with Crippen LogP contribution in [-0.2, 0) is 9.59 Å². The molecular weight excluding hydrogens is 316 g/mol. The molecular formula is C21H32O4. The summed E-state index contributed by atoms with van der Waals surface area (Å²) < 4.78 is 0. The number of rotatable bonds is 11. The Morgan fingerprint density at radius 1 is 1.32 bits per heavy atom. The predicted molar refractivity (Wildman–Crippen MR) is 98.9 cm³/mol. The molecule has 4 heteroatoms. The molecule has 0 aromatic heterocycles. The molecule has 25 heavy (non-hydrogen) atoms. The molecule has 0 aromatic carbocycles. The van der Waals surface area contributed by atoms with Gasteiger partial charge in [-0.05, 0) is 38.0 Å². The van der Waals surface area contributed by atoms with Crippen LogP contribution in [0.4, 0.5) is 0 Å². The highest BCUT2D eigenvalue weighted by molar-refractivity contribution is 5.83. The zero-order valence-electron chi connectivity index (χ0n) is 15.5. The van der Waals surface area contributed by atoms with Crippen molar-refractivity contribution in [1.82, 2.24) is 0 Å². The molecule has 1 saturated carbocycles. The average molecular weight is 348 g/mol. The van der Waals surface area contributed by atoms with Gasteiger partial charge in [-0.1, -0.05) is 38.3 Å². The normalized spacial score (nSPS) is 22.6. The van der Waals surface area contributed by atoms with Gasteiger partial charge >= 0.3 is 5.97 Å². The van der Waals surface area contributed by atoms with E-state index in [1.54, 1.807) is 6.92 Å².